The summed E-state index contributed by atoms with van der Waals surface area (Å²) in [4.78, 5) is 12.3. The van der Waals surface area contributed by atoms with Crippen molar-refractivity contribution in [2.45, 2.75) is 19.8 Å². The minimum atomic E-state index is -3.46. The fraction of sp³-hybridized carbons (Fsp3) is 0.316. The lowest BCUT2D eigenvalue weighted by molar-refractivity contribution is 0.0948. The molecule has 0 atom stereocenters. The van der Waals surface area contributed by atoms with Gasteiger partial charge in [0.05, 0.1) is 24.1 Å². The fourth-order valence-electron chi connectivity index (χ4n) is 2.44. The van der Waals surface area contributed by atoms with Gasteiger partial charge in [0.2, 0.25) is 10.0 Å². The highest BCUT2D eigenvalue weighted by molar-refractivity contribution is 7.92. The largest absolute Gasteiger partial charge is 0.492 e. The highest BCUT2D eigenvalue weighted by atomic mass is 32.2. The average molecular weight is 376 g/mol. The molecule has 6 nitrogen and oxygen atoms in total. The molecule has 0 saturated carbocycles. The first kappa shape index (κ1) is 19.8. The number of nitrogens with one attached hydrogen (secondary N) is 2. The van der Waals surface area contributed by atoms with E-state index in [0.29, 0.717) is 13.2 Å². The zero-order valence-corrected chi connectivity index (χ0v) is 15.8. The second kappa shape index (κ2) is 9.24. The molecule has 1 amide bonds. The quantitative estimate of drug-likeness (QED) is 0.659. The lowest BCUT2D eigenvalue weighted by Crippen LogP contribution is -2.29. The van der Waals surface area contributed by atoms with Gasteiger partial charge in [-0.25, -0.2) is 8.42 Å². The Balaban J connectivity index is 1.85. The van der Waals surface area contributed by atoms with E-state index in [2.05, 4.69) is 17.0 Å². The highest BCUT2D eigenvalue weighted by Gasteiger charge is 2.13. The number of amides is 1. The van der Waals surface area contributed by atoms with Crippen LogP contribution in [0.15, 0.2) is 48.5 Å². The molecule has 0 heterocycles. The van der Waals surface area contributed by atoms with Crippen molar-refractivity contribution in [1.29, 1.82) is 0 Å². The van der Waals surface area contributed by atoms with Crippen LogP contribution in [0.5, 0.6) is 5.75 Å². The molecule has 2 rings (SSSR count). The minimum absolute atomic E-state index is 0.250. The third-order valence-electron chi connectivity index (χ3n) is 3.59. The summed E-state index contributed by atoms with van der Waals surface area (Å²) < 4.78 is 30.7. The number of anilines is 1. The summed E-state index contributed by atoms with van der Waals surface area (Å²) in [7, 11) is -3.46. The van der Waals surface area contributed by atoms with E-state index in [-0.39, 0.29) is 17.2 Å². The molecule has 0 aromatic heterocycles. The minimum Gasteiger partial charge on any atom is -0.492 e. The van der Waals surface area contributed by atoms with E-state index in [4.69, 9.17) is 4.74 Å². The topological polar surface area (TPSA) is 84.5 Å². The molecule has 2 aromatic carbocycles. The van der Waals surface area contributed by atoms with E-state index in [1.807, 2.05) is 24.3 Å². The Kier molecular flexibility index (Phi) is 7.03. The normalized spacial score (nSPS) is 11.0. The first-order valence-electron chi connectivity index (χ1n) is 8.46. The zero-order chi connectivity index (χ0) is 19.0. The van der Waals surface area contributed by atoms with Crippen molar-refractivity contribution in [1.82, 2.24) is 5.32 Å². The Morgan fingerprint density at radius 3 is 2.42 bits per heavy atom. The van der Waals surface area contributed by atoms with Crippen molar-refractivity contribution in [2.24, 2.45) is 0 Å². The molecule has 0 saturated heterocycles. The maximum Gasteiger partial charge on any atom is 0.253 e. The Labute approximate surface area is 154 Å². The second-order valence-electron chi connectivity index (χ2n) is 5.92. The molecule has 0 spiro atoms. The number of rotatable bonds is 9. The molecule has 140 valence electrons. The Morgan fingerprint density at radius 2 is 1.77 bits per heavy atom. The summed E-state index contributed by atoms with van der Waals surface area (Å²) in [6.07, 6.45) is 3.18. The molecular formula is C19H24N2O4S. The molecule has 0 radical (unpaired) electrons. The molecule has 0 aliphatic carbocycles. The van der Waals surface area contributed by atoms with Gasteiger partial charge in [-0.15, -0.1) is 0 Å². The van der Waals surface area contributed by atoms with Crippen LogP contribution in [-0.4, -0.2) is 33.7 Å². The van der Waals surface area contributed by atoms with E-state index in [9.17, 15) is 13.2 Å². The van der Waals surface area contributed by atoms with Crippen LogP contribution in [0.25, 0.3) is 0 Å². The molecule has 26 heavy (non-hydrogen) atoms. The Bertz CT molecular complexity index is 833. The van der Waals surface area contributed by atoms with E-state index >= 15 is 0 Å². The van der Waals surface area contributed by atoms with Crippen LogP contribution in [-0.2, 0) is 16.4 Å². The van der Waals surface area contributed by atoms with Gasteiger partial charge in [0.1, 0.15) is 12.4 Å². The van der Waals surface area contributed by atoms with Gasteiger partial charge in [0.25, 0.3) is 5.91 Å². The fourth-order valence-corrected chi connectivity index (χ4v) is 3.02. The molecular weight excluding hydrogens is 352 g/mol. The number of carbonyl (C=O) groups is 1. The number of ether oxygens (including phenoxy) is 1. The van der Waals surface area contributed by atoms with Crippen molar-refractivity contribution in [2.75, 3.05) is 24.1 Å². The van der Waals surface area contributed by atoms with Crippen LogP contribution in [0, 0.1) is 0 Å². The standard InChI is InChI=1S/C19H24N2O4S/c1-3-6-15-9-11-16(12-10-15)25-14-13-20-19(22)17-7-4-5-8-18(17)21-26(2,23)24/h4-5,7-12,21H,3,6,13-14H2,1-2H3,(H,20,22). The van der Waals surface area contributed by atoms with Crippen LogP contribution in [0.2, 0.25) is 0 Å². The van der Waals surface area contributed by atoms with Crippen molar-refractivity contribution in [3.8, 4) is 5.75 Å². The van der Waals surface area contributed by atoms with Crippen molar-refractivity contribution in [3.63, 3.8) is 0 Å². The third kappa shape index (κ3) is 6.40. The molecule has 2 N–H and O–H groups in total. The third-order valence-corrected chi connectivity index (χ3v) is 4.18. The number of carbonyl (C=O) groups excluding carboxylic acids is 1. The first-order valence-corrected chi connectivity index (χ1v) is 10.3. The van der Waals surface area contributed by atoms with E-state index in [1.54, 1.807) is 24.3 Å². The van der Waals surface area contributed by atoms with Crippen LogP contribution >= 0.6 is 0 Å². The van der Waals surface area contributed by atoms with Crippen molar-refractivity contribution >= 4 is 21.6 Å². The lowest BCUT2D eigenvalue weighted by atomic mass is 10.1. The molecule has 0 aliphatic heterocycles. The average Bonchev–Trinajstić information content (AvgIpc) is 2.59. The van der Waals surface area contributed by atoms with E-state index in [1.165, 1.54) is 5.56 Å². The van der Waals surface area contributed by atoms with Gasteiger partial charge < -0.3 is 10.1 Å². The number of hydrogen-bond acceptors (Lipinski definition) is 4. The van der Waals surface area contributed by atoms with Gasteiger partial charge in [-0.05, 0) is 36.2 Å². The number of hydrogen-bond donors (Lipinski definition) is 2. The monoisotopic (exact) mass is 376 g/mol. The van der Waals surface area contributed by atoms with Crippen molar-refractivity contribution in [3.05, 3.63) is 59.7 Å². The zero-order valence-electron chi connectivity index (χ0n) is 15.0. The maximum atomic E-state index is 12.3. The summed E-state index contributed by atoms with van der Waals surface area (Å²) in [6.45, 7) is 2.76. The first-order chi connectivity index (χ1) is 12.4. The van der Waals surface area contributed by atoms with Gasteiger partial charge >= 0.3 is 0 Å². The molecule has 0 fully saturated rings. The van der Waals surface area contributed by atoms with Crippen LogP contribution in [0.1, 0.15) is 29.3 Å². The van der Waals surface area contributed by atoms with Crippen LogP contribution in [0.4, 0.5) is 5.69 Å². The molecule has 0 bridgehead atoms. The lowest BCUT2D eigenvalue weighted by Gasteiger charge is -2.11. The predicted octanol–water partition coefficient (Wildman–Crippen LogP) is 2.82. The van der Waals surface area contributed by atoms with Crippen molar-refractivity contribution < 1.29 is 17.9 Å². The summed E-state index contributed by atoms with van der Waals surface area (Å²) in [6, 6.07) is 14.3. The van der Waals surface area contributed by atoms with Crippen LogP contribution in [0.3, 0.4) is 0 Å². The number of para-hydroxylation sites is 1. The predicted molar refractivity (Wildman–Crippen MR) is 103 cm³/mol. The van der Waals surface area contributed by atoms with Gasteiger partial charge in [0.15, 0.2) is 0 Å². The van der Waals surface area contributed by atoms with Gasteiger partial charge in [0, 0.05) is 0 Å². The Morgan fingerprint density at radius 1 is 1.08 bits per heavy atom. The number of sulfonamides is 1. The summed E-state index contributed by atoms with van der Waals surface area (Å²) in [5.74, 6) is 0.386. The molecule has 0 aliphatic rings. The highest BCUT2D eigenvalue weighted by Crippen LogP contribution is 2.16. The van der Waals surface area contributed by atoms with E-state index in [0.717, 1.165) is 24.8 Å². The SMILES string of the molecule is CCCc1ccc(OCCNC(=O)c2ccccc2NS(C)(=O)=O)cc1. The van der Waals surface area contributed by atoms with E-state index < -0.39 is 10.0 Å². The smallest absolute Gasteiger partial charge is 0.253 e. The molecule has 7 heteroatoms. The number of aryl methyl sites for hydroxylation is 1. The van der Waals surface area contributed by atoms with Gasteiger partial charge in [-0.2, -0.15) is 0 Å². The van der Waals surface area contributed by atoms with Crippen LogP contribution < -0.4 is 14.8 Å². The summed E-state index contributed by atoms with van der Waals surface area (Å²) >= 11 is 0. The summed E-state index contributed by atoms with van der Waals surface area (Å²) in [5.41, 5.74) is 1.78. The van der Waals surface area contributed by atoms with Gasteiger partial charge in [-0.3, -0.25) is 9.52 Å². The number of benzene rings is 2. The summed E-state index contributed by atoms with van der Waals surface area (Å²) in [5, 5.41) is 2.73. The molecule has 2 aromatic rings. The second-order valence-corrected chi connectivity index (χ2v) is 7.67. The van der Waals surface area contributed by atoms with Gasteiger partial charge in [-0.1, -0.05) is 37.6 Å². The molecule has 0 unspecified atom stereocenters. The maximum absolute atomic E-state index is 12.3. The Hall–Kier alpha value is -2.54.